The van der Waals surface area contributed by atoms with E-state index in [0.717, 1.165) is 21.4 Å². The zero-order chi connectivity index (χ0) is 34.2. The largest absolute Gasteiger partial charge is 0.308 e. The van der Waals surface area contributed by atoms with E-state index in [1.165, 1.54) is 64.5 Å². The van der Waals surface area contributed by atoms with Gasteiger partial charge in [0, 0.05) is 42.9 Å². The molecule has 0 atom stereocenters. The van der Waals surface area contributed by atoms with Gasteiger partial charge in [0.2, 0.25) is 0 Å². The minimum Gasteiger partial charge on any atom is -0.308 e. The van der Waals surface area contributed by atoms with Crippen LogP contribution in [0.25, 0.3) is 103 Å². The van der Waals surface area contributed by atoms with Crippen molar-refractivity contribution in [3.63, 3.8) is 0 Å². The Bertz CT molecular complexity index is 3030. The predicted octanol–water partition coefficient (Wildman–Crippen LogP) is 12.6. The van der Waals surface area contributed by atoms with Crippen LogP contribution in [-0.4, -0.2) is 19.5 Å². The summed E-state index contributed by atoms with van der Waals surface area (Å²) in [4.78, 5) is 15.2. The van der Waals surface area contributed by atoms with Crippen LogP contribution in [0.5, 0.6) is 0 Å². The van der Waals surface area contributed by atoms with Crippen LogP contribution >= 0.6 is 11.3 Å². The molecule has 0 N–H and O–H groups in total. The molecular weight excluding hydrogens is 653 g/mol. The molecule has 3 aromatic heterocycles. The monoisotopic (exact) mass is 680 g/mol. The highest BCUT2D eigenvalue weighted by atomic mass is 32.1. The maximum absolute atomic E-state index is 5.11. The van der Waals surface area contributed by atoms with E-state index in [2.05, 4.69) is 138 Å². The van der Waals surface area contributed by atoms with Gasteiger partial charge in [0.25, 0.3) is 0 Å². The summed E-state index contributed by atoms with van der Waals surface area (Å²) in [5.41, 5.74) is 6.49. The molecule has 3 heterocycles. The van der Waals surface area contributed by atoms with E-state index in [9.17, 15) is 0 Å². The molecule has 0 saturated carbocycles. The maximum Gasteiger partial charge on any atom is 0.165 e. The van der Waals surface area contributed by atoms with Crippen LogP contribution in [0.1, 0.15) is 0 Å². The van der Waals surface area contributed by atoms with Crippen molar-refractivity contribution in [1.82, 2.24) is 19.5 Å². The quantitative estimate of drug-likeness (QED) is 0.186. The number of benzene rings is 8. The smallest absolute Gasteiger partial charge is 0.165 e. The molecule has 0 radical (unpaired) electrons. The fourth-order valence-electron chi connectivity index (χ4n) is 7.89. The second kappa shape index (κ2) is 11.4. The Hall–Kier alpha value is -6.69. The highest BCUT2D eigenvalue weighted by Gasteiger charge is 2.21. The van der Waals surface area contributed by atoms with Gasteiger partial charge in [-0.15, -0.1) is 11.3 Å². The standard InChI is InChI=1S/C47H28N4S/c1-3-15-31(16-4-1)45-48-46(32-17-5-2-6-18-32)50-47(49-45)37-23-11-21-35-36-22-12-24-40(44(36)52-43(35)37)51-38-27-25-29-13-7-9-19-33(29)41(38)42-34-20-10-8-14-30(34)26-28-39(42)51/h1-28H. The summed E-state index contributed by atoms with van der Waals surface area (Å²) < 4.78 is 4.86. The minimum atomic E-state index is 0.660. The Labute approximate surface area is 302 Å². The number of rotatable bonds is 4. The molecule has 242 valence electrons. The van der Waals surface area contributed by atoms with Gasteiger partial charge in [0.15, 0.2) is 17.5 Å². The van der Waals surface area contributed by atoms with Crippen molar-refractivity contribution in [3.8, 4) is 39.9 Å². The lowest BCUT2D eigenvalue weighted by molar-refractivity contribution is 1.08. The van der Waals surface area contributed by atoms with Crippen LogP contribution in [0.2, 0.25) is 0 Å². The first kappa shape index (κ1) is 29.1. The Morgan fingerprint density at radius 1 is 0.365 bits per heavy atom. The van der Waals surface area contributed by atoms with Crippen LogP contribution in [0.4, 0.5) is 0 Å². The zero-order valence-electron chi connectivity index (χ0n) is 27.9. The molecule has 8 aromatic carbocycles. The summed E-state index contributed by atoms with van der Waals surface area (Å²) in [5.74, 6) is 1.99. The average molecular weight is 681 g/mol. The molecule has 0 aliphatic rings. The predicted molar refractivity (Wildman–Crippen MR) is 218 cm³/mol. The zero-order valence-corrected chi connectivity index (χ0v) is 28.7. The van der Waals surface area contributed by atoms with E-state index in [4.69, 9.17) is 15.0 Å². The van der Waals surface area contributed by atoms with Crippen LogP contribution in [0.3, 0.4) is 0 Å². The number of fused-ring (bicyclic) bond motifs is 10. The van der Waals surface area contributed by atoms with Gasteiger partial charge in [-0.2, -0.15) is 0 Å². The van der Waals surface area contributed by atoms with Gasteiger partial charge in [-0.05, 0) is 45.8 Å². The van der Waals surface area contributed by atoms with Crippen molar-refractivity contribution in [2.75, 3.05) is 0 Å². The second-order valence-corrected chi connectivity index (χ2v) is 14.2. The summed E-state index contributed by atoms with van der Waals surface area (Å²) in [6.45, 7) is 0. The minimum absolute atomic E-state index is 0.660. The fraction of sp³-hybridized carbons (Fsp3) is 0. The summed E-state index contributed by atoms with van der Waals surface area (Å²) in [6.07, 6.45) is 0. The van der Waals surface area contributed by atoms with Gasteiger partial charge in [0.05, 0.1) is 21.4 Å². The van der Waals surface area contributed by atoms with E-state index >= 15 is 0 Å². The molecule has 11 rings (SSSR count). The van der Waals surface area contributed by atoms with E-state index in [0.29, 0.717) is 17.5 Å². The Kier molecular flexibility index (Phi) is 6.39. The van der Waals surface area contributed by atoms with Gasteiger partial charge in [-0.3, -0.25) is 0 Å². The summed E-state index contributed by atoms with van der Waals surface area (Å²) in [6, 6.07) is 60.2. The third-order valence-corrected chi connectivity index (χ3v) is 11.5. The van der Waals surface area contributed by atoms with Gasteiger partial charge in [-0.1, -0.05) is 146 Å². The molecule has 4 nitrogen and oxygen atoms in total. The van der Waals surface area contributed by atoms with Gasteiger partial charge < -0.3 is 4.57 Å². The maximum atomic E-state index is 5.11. The first-order valence-electron chi connectivity index (χ1n) is 17.5. The third kappa shape index (κ3) is 4.36. The van der Waals surface area contributed by atoms with E-state index in [1.807, 2.05) is 47.7 Å². The fourth-order valence-corrected chi connectivity index (χ4v) is 9.21. The van der Waals surface area contributed by atoms with Crippen molar-refractivity contribution in [3.05, 3.63) is 170 Å². The lowest BCUT2D eigenvalue weighted by atomic mass is 10.00. The normalized spacial score (nSPS) is 11.8. The van der Waals surface area contributed by atoms with Crippen molar-refractivity contribution in [1.29, 1.82) is 0 Å². The van der Waals surface area contributed by atoms with Crippen molar-refractivity contribution >= 4 is 74.9 Å². The second-order valence-electron chi connectivity index (χ2n) is 13.2. The van der Waals surface area contributed by atoms with Crippen LogP contribution < -0.4 is 0 Å². The number of nitrogens with zero attached hydrogens (tertiary/aromatic N) is 4. The highest BCUT2D eigenvalue weighted by molar-refractivity contribution is 7.26. The molecular formula is C47H28N4S. The number of hydrogen-bond acceptors (Lipinski definition) is 4. The molecule has 0 saturated heterocycles. The van der Waals surface area contributed by atoms with E-state index in [-0.39, 0.29) is 0 Å². The molecule has 0 amide bonds. The van der Waals surface area contributed by atoms with Crippen molar-refractivity contribution in [2.24, 2.45) is 0 Å². The molecule has 52 heavy (non-hydrogen) atoms. The van der Waals surface area contributed by atoms with Crippen LogP contribution in [0, 0.1) is 0 Å². The molecule has 0 aliphatic carbocycles. The summed E-state index contributed by atoms with van der Waals surface area (Å²) in [7, 11) is 0. The van der Waals surface area contributed by atoms with E-state index < -0.39 is 0 Å². The number of thiophene rings is 1. The Balaban J connectivity index is 1.20. The van der Waals surface area contributed by atoms with Gasteiger partial charge in [-0.25, -0.2) is 15.0 Å². The SMILES string of the molecule is c1ccc(-c2nc(-c3ccccc3)nc(-c3cccc4c3sc3c(-n5c6ccc7ccccc7c6c6c7ccccc7ccc65)cccc34)n2)cc1. The lowest BCUT2D eigenvalue weighted by Crippen LogP contribution is -2.00. The molecule has 0 spiro atoms. The molecule has 0 aliphatic heterocycles. The van der Waals surface area contributed by atoms with Crippen molar-refractivity contribution < 1.29 is 0 Å². The topological polar surface area (TPSA) is 43.6 Å². The molecule has 0 fully saturated rings. The molecule has 0 bridgehead atoms. The lowest BCUT2D eigenvalue weighted by Gasteiger charge is -2.10. The van der Waals surface area contributed by atoms with Crippen LogP contribution in [-0.2, 0) is 0 Å². The molecule has 11 aromatic rings. The van der Waals surface area contributed by atoms with Gasteiger partial charge in [0.1, 0.15) is 0 Å². The highest BCUT2D eigenvalue weighted by Crippen LogP contribution is 2.46. The Morgan fingerprint density at radius 3 is 1.44 bits per heavy atom. The first-order chi connectivity index (χ1) is 25.8. The molecule has 0 unspecified atom stereocenters. The van der Waals surface area contributed by atoms with Gasteiger partial charge >= 0.3 is 0 Å². The average Bonchev–Trinajstić information content (AvgIpc) is 3.78. The summed E-state index contributed by atoms with van der Waals surface area (Å²) in [5, 5.41) is 10.0. The van der Waals surface area contributed by atoms with Crippen LogP contribution in [0.15, 0.2) is 170 Å². The Morgan fingerprint density at radius 2 is 0.846 bits per heavy atom. The number of aromatic nitrogens is 4. The molecule has 5 heteroatoms. The first-order valence-corrected chi connectivity index (χ1v) is 18.3. The third-order valence-electron chi connectivity index (χ3n) is 10.2. The number of hydrogen-bond donors (Lipinski definition) is 0. The van der Waals surface area contributed by atoms with E-state index in [1.54, 1.807) is 0 Å². The van der Waals surface area contributed by atoms with Crippen molar-refractivity contribution in [2.45, 2.75) is 0 Å². The summed E-state index contributed by atoms with van der Waals surface area (Å²) >= 11 is 1.81.